The van der Waals surface area contributed by atoms with Crippen LogP contribution in [0.3, 0.4) is 0 Å². The van der Waals surface area contributed by atoms with E-state index in [-0.39, 0.29) is 0 Å². The van der Waals surface area contributed by atoms with Crippen LogP contribution in [-0.4, -0.2) is 20.2 Å². The van der Waals surface area contributed by atoms with Gasteiger partial charge in [-0.05, 0) is 0 Å². The number of ether oxygens (including phenoxy) is 1. The molecule has 9 heavy (non-hydrogen) atoms. The second-order valence-corrected chi connectivity index (χ2v) is 4.05. The Morgan fingerprint density at radius 2 is 2.11 bits per heavy atom. The van der Waals surface area contributed by atoms with Gasteiger partial charge in [0.2, 0.25) is 5.56 Å². The Balaban J connectivity index is 3.50. The normalized spacial score (nSPS) is 16.3. The minimum Gasteiger partial charge on any atom is -0.450 e. The zero-order valence-electron chi connectivity index (χ0n) is 4.05. The molecule has 2 atom stereocenters. The maximum atomic E-state index is 9.75. The van der Waals surface area contributed by atoms with Crippen molar-refractivity contribution in [3.8, 4) is 0 Å². The summed E-state index contributed by atoms with van der Waals surface area (Å²) in [6.45, 7) is 0. The van der Waals surface area contributed by atoms with Gasteiger partial charge in [-0.2, -0.15) is 0 Å². The predicted molar refractivity (Wildman–Crippen MR) is 42.4 cm³/mol. The van der Waals surface area contributed by atoms with E-state index in [1.165, 1.54) is 0 Å². The maximum absolute atomic E-state index is 9.75. The fourth-order valence-corrected chi connectivity index (χ4v) is 0.422. The first-order valence-electron chi connectivity index (χ1n) is 1.86. The summed E-state index contributed by atoms with van der Waals surface area (Å²) in [5, 5.41) is 7.96. The highest BCUT2D eigenvalue weighted by Crippen LogP contribution is 2.17. The Hall–Kier alpha value is 0.580. The first-order chi connectivity index (χ1) is 4.04. The van der Waals surface area contributed by atoms with Crippen molar-refractivity contribution in [3.63, 3.8) is 0 Å². The molecule has 0 heterocycles. The molecule has 0 aromatic rings. The van der Waals surface area contributed by atoms with Gasteiger partial charge in [-0.25, -0.2) is 4.79 Å². The van der Waals surface area contributed by atoms with Crippen LogP contribution in [0.15, 0.2) is 0 Å². The molecular formula is C3H3Cl2IO3. The van der Waals surface area contributed by atoms with Gasteiger partial charge in [0.1, 0.15) is 3.38 Å². The van der Waals surface area contributed by atoms with Gasteiger partial charge >= 0.3 is 6.16 Å². The van der Waals surface area contributed by atoms with E-state index >= 15 is 0 Å². The molecule has 0 saturated heterocycles. The molecule has 6 heteroatoms. The third kappa shape index (κ3) is 5.05. The second-order valence-electron chi connectivity index (χ2n) is 1.07. The molecule has 2 unspecified atom stereocenters. The van der Waals surface area contributed by atoms with Crippen molar-refractivity contribution in [2.24, 2.45) is 0 Å². The third-order valence-corrected chi connectivity index (χ3v) is 2.19. The van der Waals surface area contributed by atoms with Crippen molar-refractivity contribution >= 4 is 51.9 Å². The second kappa shape index (κ2) is 4.40. The van der Waals surface area contributed by atoms with Gasteiger partial charge in [0.15, 0.2) is 0 Å². The molecule has 0 aliphatic carbocycles. The zero-order valence-corrected chi connectivity index (χ0v) is 7.72. The summed E-state index contributed by atoms with van der Waals surface area (Å²) >= 11 is 12.4. The van der Waals surface area contributed by atoms with Gasteiger partial charge in [0.25, 0.3) is 0 Å². The van der Waals surface area contributed by atoms with E-state index in [9.17, 15) is 4.79 Å². The van der Waals surface area contributed by atoms with Crippen molar-refractivity contribution < 1.29 is 14.6 Å². The van der Waals surface area contributed by atoms with Gasteiger partial charge in [0.05, 0.1) is 0 Å². The smallest absolute Gasteiger partial charge is 0.450 e. The summed E-state index contributed by atoms with van der Waals surface area (Å²) in [6.07, 6.45) is -1.42. The highest BCUT2D eigenvalue weighted by molar-refractivity contribution is 14.1. The van der Waals surface area contributed by atoms with E-state index in [4.69, 9.17) is 28.3 Å². The van der Waals surface area contributed by atoms with Gasteiger partial charge in [0, 0.05) is 0 Å². The molecule has 0 aromatic heterocycles. The lowest BCUT2D eigenvalue weighted by Crippen LogP contribution is -2.16. The van der Waals surface area contributed by atoms with Crippen molar-refractivity contribution in [1.82, 2.24) is 0 Å². The molecule has 0 fully saturated rings. The van der Waals surface area contributed by atoms with E-state index in [2.05, 4.69) is 4.74 Å². The Labute approximate surface area is 75.4 Å². The fraction of sp³-hybridized carbons (Fsp3) is 0.667. The van der Waals surface area contributed by atoms with Gasteiger partial charge < -0.3 is 9.84 Å². The topological polar surface area (TPSA) is 46.5 Å². The number of halogens is 3. The first-order valence-corrected chi connectivity index (χ1v) is 3.97. The molecule has 0 saturated carbocycles. The molecule has 0 aliphatic rings. The fourth-order valence-electron chi connectivity index (χ4n) is 0.148. The SMILES string of the molecule is O=C(O)OC(Cl)C(Cl)I. The minimum absolute atomic E-state index is 0.541. The van der Waals surface area contributed by atoms with Crippen LogP contribution in [0.2, 0.25) is 0 Å². The van der Waals surface area contributed by atoms with Crippen molar-refractivity contribution in [3.05, 3.63) is 0 Å². The molecule has 54 valence electrons. The number of carboxylic acid groups (broad SMARTS) is 1. The molecule has 0 aromatic carbocycles. The van der Waals surface area contributed by atoms with E-state index in [1.54, 1.807) is 22.6 Å². The quantitative estimate of drug-likeness (QED) is 0.481. The van der Waals surface area contributed by atoms with Gasteiger partial charge in [-0.1, -0.05) is 34.2 Å². The third-order valence-electron chi connectivity index (χ3n) is 0.412. The van der Waals surface area contributed by atoms with E-state index in [0.29, 0.717) is 0 Å². The number of rotatable bonds is 2. The predicted octanol–water partition coefficient (Wildman–Crippen LogP) is 2.25. The average molecular weight is 285 g/mol. The summed E-state index contributed by atoms with van der Waals surface area (Å²) in [6, 6.07) is 0. The number of carbonyl (C=O) groups is 1. The standard InChI is InChI=1S/C3H3Cl2IO3/c4-1(6)2(5)9-3(7)8/h1-2H,(H,7,8). The highest BCUT2D eigenvalue weighted by atomic mass is 127. The number of hydrogen-bond donors (Lipinski definition) is 1. The molecule has 1 N–H and O–H groups in total. The molecule has 0 radical (unpaired) electrons. The monoisotopic (exact) mass is 284 g/mol. The molecule has 0 aliphatic heterocycles. The lowest BCUT2D eigenvalue weighted by Gasteiger charge is -2.07. The van der Waals surface area contributed by atoms with Crippen LogP contribution in [0.25, 0.3) is 0 Å². The molecular weight excluding hydrogens is 282 g/mol. The Bertz CT molecular complexity index is 107. The van der Waals surface area contributed by atoms with Gasteiger partial charge in [-0.3, -0.25) is 0 Å². The summed E-state index contributed by atoms with van der Waals surface area (Å²) in [5.41, 5.74) is -0.982. The Kier molecular flexibility index (Phi) is 4.69. The van der Waals surface area contributed by atoms with Crippen molar-refractivity contribution in [2.45, 2.75) is 8.95 Å². The molecule has 0 rings (SSSR count). The lowest BCUT2D eigenvalue weighted by atomic mass is 10.8. The van der Waals surface area contributed by atoms with Crippen LogP contribution in [-0.2, 0) is 4.74 Å². The van der Waals surface area contributed by atoms with Crippen LogP contribution >= 0.6 is 45.8 Å². The van der Waals surface area contributed by atoms with Crippen LogP contribution in [0, 0.1) is 0 Å². The molecule has 0 amide bonds. The van der Waals surface area contributed by atoms with Crippen molar-refractivity contribution in [1.29, 1.82) is 0 Å². The van der Waals surface area contributed by atoms with Crippen LogP contribution in [0.5, 0.6) is 0 Å². The summed E-state index contributed by atoms with van der Waals surface area (Å²) in [5.74, 6) is 0. The number of hydrogen-bond acceptors (Lipinski definition) is 2. The zero-order chi connectivity index (χ0) is 7.44. The lowest BCUT2D eigenvalue weighted by molar-refractivity contribution is 0.0848. The average Bonchev–Trinajstić information content (AvgIpc) is 1.63. The van der Waals surface area contributed by atoms with Gasteiger partial charge in [-0.15, -0.1) is 11.6 Å². The summed E-state index contributed by atoms with van der Waals surface area (Å²) in [4.78, 5) is 9.75. The minimum atomic E-state index is -1.42. The van der Waals surface area contributed by atoms with Crippen LogP contribution in [0.1, 0.15) is 0 Å². The first kappa shape index (κ1) is 9.58. The van der Waals surface area contributed by atoms with Crippen molar-refractivity contribution in [2.75, 3.05) is 0 Å². The van der Waals surface area contributed by atoms with Crippen LogP contribution in [0.4, 0.5) is 4.79 Å². The largest absolute Gasteiger partial charge is 0.507 e. The van der Waals surface area contributed by atoms with E-state index in [0.717, 1.165) is 0 Å². The summed E-state index contributed by atoms with van der Waals surface area (Å²) in [7, 11) is 0. The highest BCUT2D eigenvalue weighted by Gasteiger charge is 2.16. The molecule has 3 nitrogen and oxygen atoms in total. The van der Waals surface area contributed by atoms with Crippen LogP contribution < -0.4 is 0 Å². The van der Waals surface area contributed by atoms with E-state index < -0.39 is 15.1 Å². The molecule has 0 bridgehead atoms. The Morgan fingerprint density at radius 3 is 2.22 bits per heavy atom. The number of alkyl halides is 3. The van der Waals surface area contributed by atoms with E-state index in [1.807, 2.05) is 0 Å². The maximum Gasteiger partial charge on any atom is 0.507 e. The Morgan fingerprint density at radius 1 is 1.67 bits per heavy atom. The molecule has 0 spiro atoms. The summed E-state index contributed by atoms with van der Waals surface area (Å²) < 4.78 is 3.51.